The molecule has 3 N–H and O–H groups in total. The molecule has 1 fully saturated rings. The molecule has 1 aliphatic heterocycles. The molecule has 0 spiro atoms. The van der Waals surface area contributed by atoms with Crippen LogP contribution < -0.4 is 5.73 Å². The summed E-state index contributed by atoms with van der Waals surface area (Å²) in [6.45, 7) is 3.41. The molecule has 1 aliphatic rings. The van der Waals surface area contributed by atoms with Crippen molar-refractivity contribution < 1.29 is 9.90 Å². The lowest BCUT2D eigenvalue weighted by atomic mass is 10.1. The van der Waals surface area contributed by atoms with E-state index in [0.717, 1.165) is 19.4 Å². The Bertz CT molecular complexity index is 197. The summed E-state index contributed by atoms with van der Waals surface area (Å²) in [7, 11) is 0. The van der Waals surface area contributed by atoms with Gasteiger partial charge < -0.3 is 15.7 Å². The topological polar surface area (TPSA) is 66.6 Å². The van der Waals surface area contributed by atoms with Gasteiger partial charge in [-0.05, 0) is 18.9 Å². The minimum Gasteiger partial charge on any atom is -0.394 e. The van der Waals surface area contributed by atoms with E-state index >= 15 is 0 Å². The van der Waals surface area contributed by atoms with E-state index in [0.29, 0.717) is 13.0 Å². The van der Waals surface area contributed by atoms with Crippen LogP contribution >= 0.6 is 0 Å². The molecule has 0 aromatic carbocycles. The monoisotopic (exact) mass is 200 g/mol. The fraction of sp³-hybridized carbons (Fsp3) is 0.900. The van der Waals surface area contributed by atoms with E-state index in [1.807, 2.05) is 0 Å². The largest absolute Gasteiger partial charge is 0.394 e. The predicted molar refractivity (Wildman–Crippen MR) is 54.7 cm³/mol. The quantitative estimate of drug-likeness (QED) is 0.654. The Balaban J connectivity index is 2.53. The molecule has 2 unspecified atom stereocenters. The zero-order valence-electron chi connectivity index (χ0n) is 8.78. The number of carbonyl (C=O) groups is 1. The third-order valence-electron chi connectivity index (χ3n) is 2.85. The van der Waals surface area contributed by atoms with Gasteiger partial charge in [-0.25, -0.2) is 0 Å². The van der Waals surface area contributed by atoms with Gasteiger partial charge in [-0.1, -0.05) is 13.3 Å². The van der Waals surface area contributed by atoms with Gasteiger partial charge in [0.15, 0.2) is 0 Å². The standard InChI is InChI=1S/C10H20N2O2/c1-2-3-9(7-13)12-6-8(5-11)4-10(12)14/h8-9,13H,2-7,11H2,1H3. The minimum absolute atomic E-state index is 0.00375. The Labute approximate surface area is 85.1 Å². The molecule has 82 valence electrons. The van der Waals surface area contributed by atoms with Crippen molar-refractivity contribution in [3.8, 4) is 0 Å². The highest BCUT2D eigenvalue weighted by molar-refractivity contribution is 5.79. The molecule has 1 heterocycles. The third-order valence-corrected chi connectivity index (χ3v) is 2.85. The van der Waals surface area contributed by atoms with Crippen LogP contribution in [0.15, 0.2) is 0 Å². The van der Waals surface area contributed by atoms with Gasteiger partial charge in [-0.2, -0.15) is 0 Å². The van der Waals surface area contributed by atoms with Crippen molar-refractivity contribution in [3.05, 3.63) is 0 Å². The van der Waals surface area contributed by atoms with Crippen LogP contribution in [0.1, 0.15) is 26.2 Å². The van der Waals surface area contributed by atoms with E-state index in [4.69, 9.17) is 10.8 Å². The number of likely N-dealkylation sites (tertiary alicyclic amines) is 1. The molecule has 4 heteroatoms. The molecular weight excluding hydrogens is 180 g/mol. The summed E-state index contributed by atoms with van der Waals surface area (Å²) >= 11 is 0. The summed E-state index contributed by atoms with van der Waals surface area (Å²) in [4.78, 5) is 13.4. The number of amides is 1. The highest BCUT2D eigenvalue weighted by Gasteiger charge is 2.32. The molecule has 1 amide bonds. The second-order valence-corrected chi connectivity index (χ2v) is 3.98. The lowest BCUT2D eigenvalue weighted by Gasteiger charge is -2.26. The first-order chi connectivity index (χ1) is 6.72. The molecule has 0 bridgehead atoms. The summed E-state index contributed by atoms with van der Waals surface area (Å²) in [5.41, 5.74) is 5.53. The zero-order valence-corrected chi connectivity index (χ0v) is 8.78. The van der Waals surface area contributed by atoms with Gasteiger partial charge in [0.2, 0.25) is 5.91 Å². The second kappa shape index (κ2) is 5.32. The molecule has 1 rings (SSSR count). The first-order valence-corrected chi connectivity index (χ1v) is 5.33. The van der Waals surface area contributed by atoms with Gasteiger partial charge in [0.05, 0.1) is 12.6 Å². The first kappa shape index (κ1) is 11.5. The molecular formula is C10H20N2O2. The molecule has 4 nitrogen and oxygen atoms in total. The van der Waals surface area contributed by atoms with Crippen molar-refractivity contribution in [1.29, 1.82) is 0 Å². The average Bonchev–Trinajstić information content (AvgIpc) is 2.56. The number of nitrogens with two attached hydrogens (primary N) is 1. The van der Waals surface area contributed by atoms with Crippen LogP contribution in [0.4, 0.5) is 0 Å². The van der Waals surface area contributed by atoms with E-state index in [9.17, 15) is 4.79 Å². The highest BCUT2D eigenvalue weighted by atomic mass is 16.3. The van der Waals surface area contributed by atoms with E-state index in [-0.39, 0.29) is 24.5 Å². The maximum atomic E-state index is 11.6. The van der Waals surface area contributed by atoms with E-state index < -0.39 is 0 Å². The molecule has 0 aromatic heterocycles. The highest BCUT2D eigenvalue weighted by Crippen LogP contribution is 2.20. The predicted octanol–water partition coefficient (Wildman–Crippen LogP) is -0.0454. The summed E-state index contributed by atoms with van der Waals surface area (Å²) in [6.07, 6.45) is 2.42. The Hall–Kier alpha value is -0.610. The van der Waals surface area contributed by atoms with Crippen molar-refractivity contribution in [2.24, 2.45) is 11.7 Å². The number of hydrogen-bond acceptors (Lipinski definition) is 3. The number of aliphatic hydroxyl groups is 1. The SMILES string of the molecule is CCCC(CO)N1CC(CN)CC1=O. The lowest BCUT2D eigenvalue weighted by Crippen LogP contribution is -2.39. The van der Waals surface area contributed by atoms with Gasteiger partial charge in [0.1, 0.15) is 0 Å². The molecule has 0 radical (unpaired) electrons. The van der Waals surface area contributed by atoms with Crippen LogP contribution in [0, 0.1) is 5.92 Å². The summed E-state index contributed by atoms with van der Waals surface area (Å²) in [5, 5.41) is 9.17. The Morgan fingerprint density at radius 1 is 1.71 bits per heavy atom. The molecule has 14 heavy (non-hydrogen) atoms. The van der Waals surface area contributed by atoms with Crippen LogP contribution in [0.25, 0.3) is 0 Å². The van der Waals surface area contributed by atoms with Crippen LogP contribution in [0.2, 0.25) is 0 Å². The zero-order chi connectivity index (χ0) is 10.6. The molecule has 0 aromatic rings. The van der Waals surface area contributed by atoms with E-state index in [1.165, 1.54) is 0 Å². The maximum absolute atomic E-state index is 11.6. The van der Waals surface area contributed by atoms with Crippen molar-refractivity contribution >= 4 is 5.91 Å². The van der Waals surface area contributed by atoms with Crippen molar-refractivity contribution in [2.45, 2.75) is 32.2 Å². The molecule has 0 saturated carbocycles. The third kappa shape index (κ3) is 2.45. The summed E-state index contributed by atoms with van der Waals surface area (Å²) in [6, 6.07) is 0.00375. The van der Waals surface area contributed by atoms with Gasteiger partial charge in [0.25, 0.3) is 0 Å². The molecule has 0 aliphatic carbocycles. The first-order valence-electron chi connectivity index (χ1n) is 5.33. The number of nitrogens with zero attached hydrogens (tertiary/aromatic N) is 1. The van der Waals surface area contributed by atoms with Crippen LogP contribution in [-0.4, -0.2) is 41.7 Å². The van der Waals surface area contributed by atoms with Gasteiger partial charge in [-0.15, -0.1) is 0 Å². The smallest absolute Gasteiger partial charge is 0.223 e. The Morgan fingerprint density at radius 3 is 2.86 bits per heavy atom. The summed E-state index contributed by atoms with van der Waals surface area (Å²) in [5.74, 6) is 0.432. The van der Waals surface area contributed by atoms with Crippen molar-refractivity contribution in [2.75, 3.05) is 19.7 Å². The lowest BCUT2D eigenvalue weighted by molar-refractivity contribution is -0.130. The number of rotatable bonds is 5. The van der Waals surface area contributed by atoms with Crippen LogP contribution in [0.3, 0.4) is 0 Å². The fourth-order valence-corrected chi connectivity index (χ4v) is 2.00. The van der Waals surface area contributed by atoms with Gasteiger partial charge >= 0.3 is 0 Å². The second-order valence-electron chi connectivity index (χ2n) is 3.98. The average molecular weight is 200 g/mol. The fourth-order valence-electron chi connectivity index (χ4n) is 2.00. The maximum Gasteiger partial charge on any atom is 0.223 e. The van der Waals surface area contributed by atoms with Crippen LogP contribution in [-0.2, 0) is 4.79 Å². The van der Waals surface area contributed by atoms with Gasteiger partial charge in [0, 0.05) is 13.0 Å². The number of aliphatic hydroxyl groups excluding tert-OH is 1. The summed E-state index contributed by atoms with van der Waals surface area (Å²) < 4.78 is 0. The Kier molecular flexibility index (Phi) is 4.35. The van der Waals surface area contributed by atoms with Gasteiger partial charge in [-0.3, -0.25) is 4.79 Å². The van der Waals surface area contributed by atoms with E-state index in [2.05, 4.69) is 6.92 Å². The normalized spacial score (nSPS) is 24.4. The van der Waals surface area contributed by atoms with Crippen molar-refractivity contribution in [1.82, 2.24) is 4.90 Å². The van der Waals surface area contributed by atoms with Crippen LogP contribution in [0.5, 0.6) is 0 Å². The molecule has 1 saturated heterocycles. The Morgan fingerprint density at radius 2 is 2.43 bits per heavy atom. The minimum atomic E-state index is 0.00375. The van der Waals surface area contributed by atoms with E-state index in [1.54, 1.807) is 4.90 Å². The van der Waals surface area contributed by atoms with Crippen molar-refractivity contribution in [3.63, 3.8) is 0 Å². The number of carbonyl (C=O) groups excluding carboxylic acids is 1. The number of hydrogen-bond donors (Lipinski definition) is 2. The molecule has 2 atom stereocenters.